The second-order valence-electron chi connectivity index (χ2n) is 4.73. The van der Waals surface area contributed by atoms with Crippen molar-refractivity contribution < 1.29 is 5.11 Å². The topological polar surface area (TPSA) is 56.0 Å². The number of nitrogens with zero attached hydrogens (tertiary/aromatic N) is 1. The summed E-state index contributed by atoms with van der Waals surface area (Å²) in [5.41, 5.74) is 3.36. The van der Waals surface area contributed by atoms with Crippen molar-refractivity contribution in [1.82, 2.24) is 0 Å². The predicted octanol–water partition coefficient (Wildman–Crippen LogP) is 4.51. The molecule has 2 rings (SSSR count). The van der Waals surface area contributed by atoms with Crippen molar-refractivity contribution in [3.05, 3.63) is 57.6 Å². The van der Waals surface area contributed by atoms with Crippen LogP contribution in [0.1, 0.15) is 29.7 Å². The number of halogens is 1. The molecule has 0 aliphatic rings. The Morgan fingerprint density at radius 2 is 2.00 bits per heavy atom. The van der Waals surface area contributed by atoms with E-state index >= 15 is 0 Å². The van der Waals surface area contributed by atoms with Gasteiger partial charge in [0, 0.05) is 15.7 Å². The minimum Gasteiger partial charge on any atom is -0.508 e. The molecular formula is C16H15BrN2O. The number of aromatic hydroxyl groups is 1. The maximum Gasteiger partial charge on any atom is 0.121 e. The molecule has 2 aromatic rings. The van der Waals surface area contributed by atoms with Crippen LogP contribution in [0.5, 0.6) is 5.75 Å². The number of phenolic OH excluding ortho intramolecular Hbond substituents is 1. The molecular weight excluding hydrogens is 316 g/mol. The lowest BCUT2D eigenvalue weighted by Gasteiger charge is -2.18. The molecule has 3 nitrogen and oxygen atoms in total. The monoisotopic (exact) mass is 330 g/mol. The van der Waals surface area contributed by atoms with Gasteiger partial charge in [-0.2, -0.15) is 5.26 Å². The first-order valence-electron chi connectivity index (χ1n) is 6.27. The molecule has 0 saturated heterocycles. The summed E-state index contributed by atoms with van der Waals surface area (Å²) in [6.45, 7) is 3.92. The van der Waals surface area contributed by atoms with Crippen molar-refractivity contribution >= 4 is 21.6 Å². The lowest BCUT2D eigenvalue weighted by atomic mass is 10.0. The Balaban J connectivity index is 2.23. The first kappa shape index (κ1) is 14.4. The maximum atomic E-state index is 10.00. The molecule has 0 spiro atoms. The minimum absolute atomic E-state index is 0.0418. The van der Waals surface area contributed by atoms with Gasteiger partial charge in [0.2, 0.25) is 0 Å². The average molecular weight is 331 g/mol. The summed E-state index contributed by atoms with van der Waals surface area (Å²) in [6.07, 6.45) is 0. The number of aryl methyl sites for hydroxylation is 1. The van der Waals surface area contributed by atoms with Crippen molar-refractivity contribution in [2.24, 2.45) is 0 Å². The van der Waals surface area contributed by atoms with Gasteiger partial charge in [-0.1, -0.05) is 12.1 Å². The summed E-state index contributed by atoms with van der Waals surface area (Å²) in [7, 11) is 0. The van der Waals surface area contributed by atoms with E-state index < -0.39 is 0 Å². The second kappa shape index (κ2) is 5.98. The fourth-order valence-electron chi connectivity index (χ4n) is 2.03. The third-order valence-electron chi connectivity index (χ3n) is 3.12. The molecule has 2 aromatic carbocycles. The van der Waals surface area contributed by atoms with E-state index in [0.717, 1.165) is 21.3 Å². The zero-order chi connectivity index (χ0) is 14.7. The lowest BCUT2D eigenvalue weighted by Crippen LogP contribution is -2.07. The number of rotatable bonds is 3. The van der Waals surface area contributed by atoms with E-state index in [4.69, 9.17) is 5.26 Å². The Morgan fingerprint density at radius 3 is 2.60 bits per heavy atom. The van der Waals surface area contributed by atoms with Crippen LogP contribution in [0.25, 0.3) is 0 Å². The van der Waals surface area contributed by atoms with Gasteiger partial charge in [-0.15, -0.1) is 0 Å². The van der Waals surface area contributed by atoms with Crippen LogP contribution in [0.3, 0.4) is 0 Å². The summed E-state index contributed by atoms with van der Waals surface area (Å²) in [4.78, 5) is 0. The molecule has 4 heteroatoms. The van der Waals surface area contributed by atoms with Crippen molar-refractivity contribution in [3.8, 4) is 11.8 Å². The van der Waals surface area contributed by atoms with E-state index in [-0.39, 0.29) is 11.8 Å². The van der Waals surface area contributed by atoms with Gasteiger partial charge in [-0.3, -0.25) is 0 Å². The molecule has 0 aromatic heterocycles. The SMILES string of the molecule is Cc1ccc(C(C)Nc2ccc(C#N)cc2Br)c(O)c1. The number of benzene rings is 2. The summed E-state index contributed by atoms with van der Waals surface area (Å²) in [5.74, 6) is 0.287. The Morgan fingerprint density at radius 1 is 1.25 bits per heavy atom. The highest BCUT2D eigenvalue weighted by Crippen LogP contribution is 2.31. The van der Waals surface area contributed by atoms with E-state index in [0.29, 0.717) is 5.56 Å². The zero-order valence-corrected chi connectivity index (χ0v) is 12.9. The molecule has 0 saturated carbocycles. The van der Waals surface area contributed by atoms with E-state index in [1.54, 1.807) is 18.2 Å². The number of phenols is 1. The van der Waals surface area contributed by atoms with Crippen LogP contribution in [0.4, 0.5) is 5.69 Å². The average Bonchev–Trinajstić information content (AvgIpc) is 2.40. The number of anilines is 1. The molecule has 2 N–H and O–H groups in total. The molecule has 0 aliphatic heterocycles. The molecule has 20 heavy (non-hydrogen) atoms. The Hall–Kier alpha value is -1.99. The summed E-state index contributed by atoms with van der Waals surface area (Å²) >= 11 is 3.44. The van der Waals surface area contributed by atoms with Gasteiger partial charge in [0.25, 0.3) is 0 Å². The van der Waals surface area contributed by atoms with Gasteiger partial charge in [0.15, 0.2) is 0 Å². The van der Waals surface area contributed by atoms with Gasteiger partial charge in [0.1, 0.15) is 5.75 Å². The molecule has 0 aliphatic carbocycles. The Kier molecular flexibility index (Phi) is 4.31. The van der Waals surface area contributed by atoms with Crippen LogP contribution < -0.4 is 5.32 Å². The second-order valence-corrected chi connectivity index (χ2v) is 5.59. The number of nitrogens with one attached hydrogen (secondary N) is 1. The fraction of sp³-hybridized carbons (Fsp3) is 0.188. The van der Waals surface area contributed by atoms with Crippen LogP contribution in [0.2, 0.25) is 0 Å². The van der Waals surface area contributed by atoms with Crippen molar-refractivity contribution in [2.45, 2.75) is 19.9 Å². The van der Waals surface area contributed by atoms with Crippen LogP contribution in [-0.2, 0) is 0 Å². The Labute approximate surface area is 127 Å². The van der Waals surface area contributed by atoms with Crippen LogP contribution in [-0.4, -0.2) is 5.11 Å². The quantitative estimate of drug-likeness (QED) is 0.870. The van der Waals surface area contributed by atoms with Crippen LogP contribution in [0.15, 0.2) is 40.9 Å². The smallest absolute Gasteiger partial charge is 0.121 e. The third-order valence-corrected chi connectivity index (χ3v) is 3.78. The molecule has 0 heterocycles. The zero-order valence-electron chi connectivity index (χ0n) is 11.3. The van der Waals surface area contributed by atoms with Gasteiger partial charge >= 0.3 is 0 Å². The predicted molar refractivity (Wildman–Crippen MR) is 83.7 cm³/mol. The van der Waals surface area contributed by atoms with Crippen molar-refractivity contribution in [2.75, 3.05) is 5.32 Å². The highest BCUT2D eigenvalue weighted by Gasteiger charge is 2.12. The molecule has 0 amide bonds. The third kappa shape index (κ3) is 3.12. The standard InChI is InChI=1S/C16H15BrN2O/c1-10-3-5-13(16(20)7-10)11(2)19-15-6-4-12(9-18)8-14(15)17/h3-8,11,19-20H,1-2H3. The number of hydrogen-bond donors (Lipinski definition) is 2. The van der Waals surface area contributed by atoms with E-state index in [2.05, 4.69) is 27.3 Å². The molecule has 1 unspecified atom stereocenters. The van der Waals surface area contributed by atoms with Gasteiger partial charge in [-0.05, 0) is 59.6 Å². The van der Waals surface area contributed by atoms with E-state index in [1.807, 2.05) is 32.0 Å². The van der Waals surface area contributed by atoms with E-state index in [9.17, 15) is 5.11 Å². The normalized spacial score (nSPS) is 11.7. The first-order valence-corrected chi connectivity index (χ1v) is 7.06. The molecule has 0 bridgehead atoms. The number of nitriles is 1. The van der Waals surface area contributed by atoms with E-state index in [1.165, 1.54) is 0 Å². The van der Waals surface area contributed by atoms with Gasteiger partial charge in [0.05, 0.1) is 17.7 Å². The van der Waals surface area contributed by atoms with Gasteiger partial charge < -0.3 is 10.4 Å². The highest BCUT2D eigenvalue weighted by molar-refractivity contribution is 9.10. The number of hydrogen-bond acceptors (Lipinski definition) is 3. The molecule has 0 fully saturated rings. The van der Waals surface area contributed by atoms with Gasteiger partial charge in [-0.25, -0.2) is 0 Å². The minimum atomic E-state index is -0.0418. The van der Waals surface area contributed by atoms with Crippen molar-refractivity contribution in [3.63, 3.8) is 0 Å². The van der Waals surface area contributed by atoms with Crippen LogP contribution in [0, 0.1) is 18.3 Å². The lowest BCUT2D eigenvalue weighted by molar-refractivity contribution is 0.465. The summed E-state index contributed by atoms with van der Waals surface area (Å²) < 4.78 is 0.829. The highest BCUT2D eigenvalue weighted by atomic mass is 79.9. The largest absolute Gasteiger partial charge is 0.508 e. The Bertz CT molecular complexity index is 677. The molecule has 102 valence electrons. The fourth-order valence-corrected chi connectivity index (χ4v) is 2.53. The molecule has 0 radical (unpaired) electrons. The first-order chi connectivity index (χ1) is 9.51. The van der Waals surface area contributed by atoms with Crippen LogP contribution >= 0.6 is 15.9 Å². The summed E-state index contributed by atoms with van der Waals surface area (Å²) in [5, 5.41) is 22.2. The summed E-state index contributed by atoms with van der Waals surface area (Å²) in [6, 6.07) is 13.1. The molecule has 1 atom stereocenters. The maximum absolute atomic E-state index is 10.00. The van der Waals surface area contributed by atoms with Crippen molar-refractivity contribution in [1.29, 1.82) is 5.26 Å².